The number of aliphatic hydroxyl groups is 1. The SMILES string of the molecule is CCCCCCCCCCCCNC(=O)CCCOc1cccc(NC(NC(=O)CCC(N)=O)C(=O)NCCO)c1. The fourth-order valence-electron chi connectivity index (χ4n) is 4.11. The van der Waals surface area contributed by atoms with Crippen LogP contribution in [0.5, 0.6) is 5.75 Å². The molecule has 1 rings (SSSR count). The summed E-state index contributed by atoms with van der Waals surface area (Å²) < 4.78 is 5.77. The first kappa shape index (κ1) is 35.7. The fraction of sp³-hybridized carbons (Fsp3) is 0.667. The van der Waals surface area contributed by atoms with Crippen LogP contribution in [0.2, 0.25) is 0 Å². The number of hydrogen-bond donors (Lipinski definition) is 6. The van der Waals surface area contributed by atoms with E-state index in [9.17, 15) is 19.2 Å². The van der Waals surface area contributed by atoms with Crippen molar-refractivity contribution in [1.29, 1.82) is 0 Å². The molecular formula is C30H51N5O6. The highest BCUT2D eigenvalue weighted by molar-refractivity contribution is 5.90. The molecule has 1 atom stereocenters. The number of aliphatic hydroxyl groups excluding tert-OH is 1. The lowest BCUT2D eigenvalue weighted by atomic mass is 10.1. The van der Waals surface area contributed by atoms with Gasteiger partial charge in [-0.15, -0.1) is 0 Å². The number of rotatable bonds is 25. The van der Waals surface area contributed by atoms with E-state index in [2.05, 4.69) is 28.2 Å². The van der Waals surface area contributed by atoms with Gasteiger partial charge >= 0.3 is 0 Å². The van der Waals surface area contributed by atoms with E-state index in [-0.39, 0.29) is 31.9 Å². The van der Waals surface area contributed by atoms with Crippen molar-refractivity contribution in [3.8, 4) is 5.75 Å². The lowest BCUT2D eigenvalue weighted by Crippen LogP contribution is -2.51. The van der Waals surface area contributed by atoms with E-state index in [1.54, 1.807) is 24.3 Å². The summed E-state index contributed by atoms with van der Waals surface area (Å²) in [5, 5.41) is 19.9. The largest absolute Gasteiger partial charge is 0.494 e. The number of primary amides is 1. The van der Waals surface area contributed by atoms with E-state index >= 15 is 0 Å². The first-order chi connectivity index (χ1) is 19.8. The predicted octanol–water partition coefficient (Wildman–Crippen LogP) is 3.11. The van der Waals surface area contributed by atoms with Crippen LogP contribution in [-0.4, -0.2) is 61.2 Å². The molecule has 11 nitrogen and oxygen atoms in total. The number of nitrogens with two attached hydrogens (primary N) is 1. The average Bonchev–Trinajstić information content (AvgIpc) is 2.95. The van der Waals surface area contributed by atoms with Gasteiger partial charge in [0, 0.05) is 44.1 Å². The second-order valence-corrected chi connectivity index (χ2v) is 10.1. The van der Waals surface area contributed by atoms with Crippen molar-refractivity contribution in [2.45, 2.75) is 103 Å². The molecule has 0 saturated carbocycles. The van der Waals surface area contributed by atoms with Crippen LogP contribution in [0.25, 0.3) is 0 Å². The first-order valence-electron chi connectivity index (χ1n) is 15.1. The zero-order valence-corrected chi connectivity index (χ0v) is 24.7. The molecular weight excluding hydrogens is 526 g/mol. The highest BCUT2D eigenvalue weighted by atomic mass is 16.5. The summed E-state index contributed by atoms with van der Waals surface area (Å²) in [5.41, 5.74) is 5.60. The Morgan fingerprint density at radius 2 is 1.51 bits per heavy atom. The number of unbranched alkanes of at least 4 members (excludes halogenated alkanes) is 9. The summed E-state index contributed by atoms with van der Waals surface area (Å²) in [7, 11) is 0. The molecule has 7 N–H and O–H groups in total. The molecule has 0 spiro atoms. The number of carbonyl (C=O) groups is 4. The summed E-state index contributed by atoms with van der Waals surface area (Å²) in [6.07, 6.45) is 12.1. The van der Waals surface area contributed by atoms with Crippen LogP contribution < -0.4 is 31.7 Å². The van der Waals surface area contributed by atoms with Gasteiger partial charge in [-0.3, -0.25) is 19.2 Å². The van der Waals surface area contributed by atoms with Crippen molar-refractivity contribution >= 4 is 29.3 Å². The zero-order chi connectivity index (χ0) is 30.1. The van der Waals surface area contributed by atoms with Crippen LogP contribution >= 0.6 is 0 Å². The van der Waals surface area contributed by atoms with Gasteiger partial charge in [-0.1, -0.05) is 70.8 Å². The Bertz CT molecular complexity index is 898. The minimum Gasteiger partial charge on any atom is -0.494 e. The molecule has 0 saturated heterocycles. The van der Waals surface area contributed by atoms with Crippen LogP contribution in [0.3, 0.4) is 0 Å². The van der Waals surface area contributed by atoms with Gasteiger partial charge in [-0.05, 0) is 25.0 Å². The van der Waals surface area contributed by atoms with Crippen LogP contribution in [-0.2, 0) is 19.2 Å². The van der Waals surface area contributed by atoms with Crippen LogP contribution in [0.15, 0.2) is 24.3 Å². The van der Waals surface area contributed by atoms with Gasteiger partial charge < -0.3 is 36.8 Å². The van der Waals surface area contributed by atoms with Crippen LogP contribution in [0.4, 0.5) is 5.69 Å². The third-order valence-electron chi connectivity index (χ3n) is 6.39. The molecule has 0 aliphatic heterocycles. The molecule has 41 heavy (non-hydrogen) atoms. The molecule has 4 amide bonds. The number of hydrogen-bond acceptors (Lipinski definition) is 7. The van der Waals surface area contributed by atoms with E-state index in [1.807, 2.05) is 0 Å². The number of anilines is 1. The maximum Gasteiger partial charge on any atom is 0.263 e. The number of benzene rings is 1. The first-order valence-corrected chi connectivity index (χ1v) is 15.1. The third kappa shape index (κ3) is 19.4. The molecule has 1 unspecified atom stereocenters. The number of amides is 4. The van der Waals surface area contributed by atoms with Crippen molar-refractivity contribution in [3.63, 3.8) is 0 Å². The minimum atomic E-state index is -1.14. The topological polar surface area (TPSA) is 172 Å². The van der Waals surface area contributed by atoms with E-state index in [1.165, 1.54) is 51.4 Å². The molecule has 1 aromatic carbocycles. The van der Waals surface area contributed by atoms with Crippen molar-refractivity contribution < 1.29 is 29.0 Å². The molecule has 0 radical (unpaired) electrons. The van der Waals surface area contributed by atoms with E-state index in [0.29, 0.717) is 37.4 Å². The molecule has 232 valence electrons. The van der Waals surface area contributed by atoms with Crippen molar-refractivity contribution in [1.82, 2.24) is 16.0 Å². The predicted molar refractivity (Wildman–Crippen MR) is 160 cm³/mol. The van der Waals surface area contributed by atoms with Gasteiger partial charge in [0.15, 0.2) is 6.17 Å². The van der Waals surface area contributed by atoms with E-state index in [4.69, 9.17) is 15.6 Å². The molecule has 11 heteroatoms. The Morgan fingerprint density at radius 3 is 2.17 bits per heavy atom. The average molecular weight is 578 g/mol. The highest BCUT2D eigenvalue weighted by Crippen LogP contribution is 2.18. The monoisotopic (exact) mass is 577 g/mol. The zero-order valence-electron chi connectivity index (χ0n) is 24.7. The van der Waals surface area contributed by atoms with Crippen LogP contribution in [0, 0.1) is 0 Å². The Morgan fingerprint density at radius 1 is 0.829 bits per heavy atom. The lowest BCUT2D eigenvalue weighted by molar-refractivity contribution is -0.129. The standard InChI is InChI=1S/C30H51N5O6/c1-2-3-4-5-6-7-8-9-10-11-19-32-27(38)16-13-22-41-25-15-12-14-24(23-25)34-29(30(40)33-20-21-36)35-28(39)18-17-26(31)37/h12,14-15,23,29,34,36H,2-11,13,16-22H2,1H3,(H2,31,37)(H,32,38)(H,33,40)(H,35,39). The lowest BCUT2D eigenvalue weighted by Gasteiger charge is -2.21. The Hall–Kier alpha value is -3.34. The van der Waals surface area contributed by atoms with Crippen LogP contribution in [0.1, 0.15) is 96.8 Å². The van der Waals surface area contributed by atoms with Gasteiger partial charge in [0.1, 0.15) is 5.75 Å². The number of ether oxygens (including phenoxy) is 1. The van der Waals surface area contributed by atoms with Gasteiger partial charge in [0.05, 0.1) is 13.2 Å². The van der Waals surface area contributed by atoms with Gasteiger partial charge in [-0.25, -0.2) is 0 Å². The molecule has 0 aromatic heterocycles. The second kappa shape index (κ2) is 23.4. The highest BCUT2D eigenvalue weighted by Gasteiger charge is 2.20. The molecule has 0 bridgehead atoms. The minimum absolute atomic E-state index is 0.0174. The Balaban J connectivity index is 2.33. The summed E-state index contributed by atoms with van der Waals surface area (Å²) in [6.45, 7) is 3.05. The maximum absolute atomic E-state index is 12.5. The fourth-order valence-corrected chi connectivity index (χ4v) is 4.11. The summed E-state index contributed by atoms with van der Waals surface area (Å²) in [6, 6.07) is 6.86. The second-order valence-electron chi connectivity index (χ2n) is 10.1. The molecule has 0 heterocycles. The summed E-state index contributed by atoms with van der Waals surface area (Å²) in [5.74, 6) is -1.15. The van der Waals surface area contributed by atoms with Crippen molar-refractivity contribution in [2.75, 3.05) is 31.6 Å². The van der Waals surface area contributed by atoms with E-state index in [0.717, 1.165) is 12.8 Å². The van der Waals surface area contributed by atoms with E-state index < -0.39 is 23.9 Å². The maximum atomic E-state index is 12.5. The normalized spacial score (nSPS) is 11.4. The third-order valence-corrected chi connectivity index (χ3v) is 6.39. The van der Waals surface area contributed by atoms with Crippen molar-refractivity contribution in [2.24, 2.45) is 5.73 Å². The molecule has 1 aromatic rings. The Labute approximate surface area is 244 Å². The molecule has 0 fully saturated rings. The van der Waals surface area contributed by atoms with Crippen molar-refractivity contribution in [3.05, 3.63) is 24.3 Å². The summed E-state index contributed by atoms with van der Waals surface area (Å²) >= 11 is 0. The molecule has 0 aliphatic rings. The quantitative estimate of drug-likeness (QED) is 0.0765. The number of nitrogens with one attached hydrogen (secondary N) is 4. The smallest absolute Gasteiger partial charge is 0.263 e. The van der Waals surface area contributed by atoms with Gasteiger partial charge in [0.25, 0.3) is 5.91 Å². The Kier molecular flexibility index (Phi) is 20.3. The summed E-state index contributed by atoms with van der Waals surface area (Å²) in [4.78, 5) is 47.7. The van der Waals surface area contributed by atoms with Gasteiger partial charge in [-0.2, -0.15) is 0 Å². The number of carbonyl (C=O) groups excluding carboxylic acids is 4. The molecule has 0 aliphatic carbocycles. The van der Waals surface area contributed by atoms with Gasteiger partial charge in [0.2, 0.25) is 17.7 Å².